The maximum atomic E-state index is 14.5. The number of carbonyl (C=O) groups is 4. The molecule has 1 aliphatic rings. The Hall–Kier alpha value is -4.74. The van der Waals surface area contributed by atoms with Gasteiger partial charge in [-0.15, -0.1) is 23.1 Å². The number of amides is 3. The fourth-order valence-corrected chi connectivity index (χ4v) is 7.78. The van der Waals surface area contributed by atoms with Crippen LogP contribution in [0.3, 0.4) is 0 Å². The van der Waals surface area contributed by atoms with E-state index >= 15 is 0 Å². The Morgan fingerprint density at radius 2 is 1.72 bits per heavy atom. The highest BCUT2D eigenvalue weighted by molar-refractivity contribution is 8.00. The van der Waals surface area contributed by atoms with Crippen molar-refractivity contribution >= 4 is 63.6 Å². The summed E-state index contributed by atoms with van der Waals surface area (Å²) in [5, 5.41) is 8.86. The van der Waals surface area contributed by atoms with Gasteiger partial charge in [0.15, 0.2) is 0 Å². The highest BCUT2D eigenvalue weighted by Gasteiger charge is 2.34. The fraction of sp³-hybridized carbons (Fsp3) is 0.282. The van der Waals surface area contributed by atoms with E-state index in [0.717, 1.165) is 29.7 Å². The average Bonchev–Trinajstić information content (AvgIpc) is 3.45. The van der Waals surface area contributed by atoms with Crippen molar-refractivity contribution in [3.8, 4) is 0 Å². The summed E-state index contributed by atoms with van der Waals surface area (Å²) in [6.07, 6.45) is 3.87. The highest BCUT2D eigenvalue weighted by atomic mass is 32.2. The molecule has 8 nitrogen and oxygen atoms in total. The first-order valence-corrected chi connectivity index (χ1v) is 18.2. The Kier molecular flexibility index (Phi) is 11.9. The Bertz CT molecular complexity index is 1920. The lowest BCUT2D eigenvalue weighted by Gasteiger charge is -2.33. The van der Waals surface area contributed by atoms with Gasteiger partial charge in [0.2, 0.25) is 5.91 Å². The summed E-state index contributed by atoms with van der Waals surface area (Å²) < 4.78 is 19.9. The summed E-state index contributed by atoms with van der Waals surface area (Å²) in [5.41, 5.74) is 2.30. The first-order valence-electron chi connectivity index (χ1n) is 16.4. The molecule has 0 radical (unpaired) electrons. The number of thiophene rings is 1. The molecule has 4 aromatic rings. The quantitative estimate of drug-likeness (QED) is 0.0818. The number of thioether (sulfide) groups is 1. The molecule has 1 atom stereocenters. The van der Waals surface area contributed by atoms with Crippen LogP contribution in [0.2, 0.25) is 0 Å². The molecule has 0 bridgehead atoms. The van der Waals surface area contributed by atoms with Gasteiger partial charge < -0.3 is 20.7 Å². The van der Waals surface area contributed by atoms with Crippen molar-refractivity contribution in [2.75, 3.05) is 23.0 Å². The zero-order chi connectivity index (χ0) is 35.8. The molecule has 1 unspecified atom stereocenters. The molecule has 1 heterocycles. The molecular formula is C39H40FN3O5S2. The van der Waals surface area contributed by atoms with E-state index in [1.807, 2.05) is 0 Å². The molecule has 3 N–H and O–H groups in total. The van der Waals surface area contributed by atoms with Crippen LogP contribution in [0.5, 0.6) is 0 Å². The summed E-state index contributed by atoms with van der Waals surface area (Å²) in [7, 11) is 0. The van der Waals surface area contributed by atoms with Gasteiger partial charge in [-0.1, -0.05) is 63.2 Å². The minimum atomic E-state index is -0.653. The molecule has 3 amide bonds. The zero-order valence-electron chi connectivity index (χ0n) is 28.4. The number of esters is 1. The maximum Gasteiger partial charge on any atom is 0.341 e. The third-order valence-corrected chi connectivity index (χ3v) is 10.6. The van der Waals surface area contributed by atoms with Gasteiger partial charge in [0.1, 0.15) is 16.5 Å². The van der Waals surface area contributed by atoms with Crippen LogP contribution < -0.4 is 16.0 Å². The second kappa shape index (κ2) is 16.3. The van der Waals surface area contributed by atoms with E-state index in [-0.39, 0.29) is 34.9 Å². The molecule has 11 heteroatoms. The van der Waals surface area contributed by atoms with Gasteiger partial charge in [-0.05, 0) is 85.6 Å². The standard InChI is InChI=1S/C39H40FN3O5S2/c1-5-48-38(47)34-29-19-18-26(39(2,3)4)21-32(29)50-37(34)43-33(44)23-49-28-16-11-15-27(22-28)41-36(46)31(20-25-14-9-10-17-30(25)40)42-35(45)24-12-7-6-8-13-24/h6-17,20,22,26H,5,18-19,21,23H2,1-4H3,(H,41,46)(H,42,45)(H,43,44)/b31-20-. The number of fused-ring (bicyclic) bond motifs is 1. The van der Waals surface area contributed by atoms with Gasteiger partial charge >= 0.3 is 5.97 Å². The molecule has 0 saturated carbocycles. The smallest absolute Gasteiger partial charge is 0.341 e. The number of benzene rings is 3. The predicted molar refractivity (Wildman–Crippen MR) is 198 cm³/mol. The van der Waals surface area contributed by atoms with E-state index in [1.165, 1.54) is 47.4 Å². The van der Waals surface area contributed by atoms with Crippen molar-refractivity contribution < 1.29 is 28.3 Å². The number of rotatable bonds is 11. The van der Waals surface area contributed by atoms with Crippen LogP contribution in [0.15, 0.2) is 89.5 Å². The third kappa shape index (κ3) is 9.28. The summed E-state index contributed by atoms with van der Waals surface area (Å²) in [6.45, 7) is 8.69. The SMILES string of the molecule is CCOC(=O)c1c(NC(=O)CSc2cccc(NC(=O)/C(=C/c3ccccc3F)NC(=O)c3ccccc3)c2)sc2c1CCC(C(C)(C)C)C2. The second-order valence-corrected chi connectivity index (χ2v) is 15.1. The molecule has 0 saturated heterocycles. The highest BCUT2D eigenvalue weighted by Crippen LogP contribution is 2.44. The topological polar surface area (TPSA) is 114 Å². The van der Waals surface area contributed by atoms with Crippen molar-refractivity contribution in [1.29, 1.82) is 0 Å². The van der Waals surface area contributed by atoms with Crippen molar-refractivity contribution in [1.82, 2.24) is 5.32 Å². The number of nitrogens with one attached hydrogen (secondary N) is 3. The Labute approximate surface area is 299 Å². The number of hydrogen-bond donors (Lipinski definition) is 3. The molecule has 260 valence electrons. The Morgan fingerprint density at radius 3 is 2.44 bits per heavy atom. The van der Waals surface area contributed by atoms with Crippen LogP contribution in [-0.4, -0.2) is 36.1 Å². The van der Waals surface area contributed by atoms with Crippen LogP contribution in [0.25, 0.3) is 6.08 Å². The molecule has 0 spiro atoms. The van der Waals surface area contributed by atoms with Crippen LogP contribution in [0.1, 0.15) is 70.8 Å². The first kappa shape index (κ1) is 36.5. The van der Waals surface area contributed by atoms with Gasteiger partial charge in [0.25, 0.3) is 11.8 Å². The number of ether oxygens (including phenoxy) is 1. The average molecular weight is 714 g/mol. The molecule has 1 aliphatic carbocycles. The third-order valence-electron chi connectivity index (χ3n) is 8.42. The van der Waals surface area contributed by atoms with Gasteiger partial charge in [-0.2, -0.15) is 0 Å². The van der Waals surface area contributed by atoms with E-state index in [9.17, 15) is 23.6 Å². The molecule has 1 aromatic heterocycles. The van der Waals surface area contributed by atoms with Crippen LogP contribution in [-0.2, 0) is 27.2 Å². The fourth-order valence-electron chi connectivity index (χ4n) is 5.70. The molecule has 5 rings (SSSR count). The van der Waals surface area contributed by atoms with Crippen LogP contribution >= 0.6 is 23.1 Å². The summed E-state index contributed by atoms with van der Waals surface area (Å²) in [4.78, 5) is 54.4. The molecule has 0 fully saturated rings. The number of hydrogen-bond acceptors (Lipinski definition) is 7. The lowest BCUT2D eigenvalue weighted by molar-refractivity contribution is -0.114. The molecule has 50 heavy (non-hydrogen) atoms. The lowest BCUT2D eigenvalue weighted by atomic mass is 9.72. The van der Waals surface area contributed by atoms with Gasteiger partial charge in [-0.25, -0.2) is 9.18 Å². The monoisotopic (exact) mass is 713 g/mol. The van der Waals surface area contributed by atoms with Gasteiger partial charge in [0, 0.05) is 26.6 Å². The summed E-state index contributed by atoms with van der Waals surface area (Å²) in [6, 6.07) is 21.2. The lowest BCUT2D eigenvalue weighted by Crippen LogP contribution is -2.30. The number of anilines is 2. The van der Waals surface area contributed by atoms with Crippen molar-refractivity contribution in [2.24, 2.45) is 11.3 Å². The minimum absolute atomic E-state index is 0.0540. The largest absolute Gasteiger partial charge is 0.462 e. The zero-order valence-corrected chi connectivity index (χ0v) is 30.1. The first-order chi connectivity index (χ1) is 23.9. The van der Waals surface area contributed by atoms with E-state index in [0.29, 0.717) is 32.6 Å². The minimum Gasteiger partial charge on any atom is -0.462 e. The summed E-state index contributed by atoms with van der Waals surface area (Å²) >= 11 is 2.72. The van der Waals surface area contributed by atoms with E-state index in [1.54, 1.807) is 67.6 Å². The van der Waals surface area contributed by atoms with E-state index in [2.05, 4.69) is 36.7 Å². The van der Waals surface area contributed by atoms with E-state index < -0.39 is 23.6 Å². The molecule has 3 aromatic carbocycles. The van der Waals surface area contributed by atoms with E-state index in [4.69, 9.17) is 4.74 Å². The normalized spacial score (nSPS) is 14.3. The number of carbonyl (C=O) groups excluding carboxylic acids is 4. The Balaban J connectivity index is 1.27. The van der Waals surface area contributed by atoms with Crippen molar-refractivity contribution in [3.63, 3.8) is 0 Å². The predicted octanol–water partition coefficient (Wildman–Crippen LogP) is 8.36. The van der Waals surface area contributed by atoms with Crippen molar-refractivity contribution in [3.05, 3.63) is 118 Å². The maximum absolute atomic E-state index is 14.5. The Morgan fingerprint density at radius 1 is 0.980 bits per heavy atom. The second-order valence-electron chi connectivity index (χ2n) is 13.0. The molecule has 0 aliphatic heterocycles. The van der Waals surface area contributed by atoms with Gasteiger partial charge in [0.05, 0.1) is 17.9 Å². The summed E-state index contributed by atoms with van der Waals surface area (Å²) in [5.74, 6) is -1.90. The van der Waals surface area contributed by atoms with Gasteiger partial charge in [-0.3, -0.25) is 14.4 Å². The van der Waals surface area contributed by atoms with Crippen molar-refractivity contribution in [2.45, 2.75) is 51.9 Å². The van der Waals surface area contributed by atoms with Crippen LogP contribution in [0, 0.1) is 17.2 Å². The molecular weight excluding hydrogens is 674 g/mol. The van der Waals surface area contributed by atoms with Crippen LogP contribution in [0.4, 0.5) is 15.1 Å². The number of halogens is 1.